The Hall–Kier alpha value is -1.22. The van der Waals surface area contributed by atoms with Crippen molar-refractivity contribution in [3.63, 3.8) is 0 Å². The van der Waals surface area contributed by atoms with Gasteiger partial charge in [-0.2, -0.15) is 0 Å². The van der Waals surface area contributed by atoms with Gasteiger partial charge in [-0.3, -0.25) is 0 Å². The second-order valence-corrected chi connectivity index (χ2v) is 3.36. The molecule has 2 rings (SSSR count). The second kappa shape index (κ2) is 3.88. The van der Waals surface area contributed by atoms with Gasteiger partial charge in [0.05, 0.1) is 6.61 Å². The number of nitrogens with two attached hydrogens (primary N) is 1. The van der Waals surface area contributed by atoms with E-state index in [9.17, 15) is 0 Å². The highest BCUT2D eigenvalue weighted by atomic mass is 16.5. The minimum atomic E-state index is 0.117. The molecule has 0 aromatic heterocycles. The Balaban J connectivity index is 2.26. The fourth-order valence-electron chi connectivity index (χ4n) is 1.71. The zero-order valence-corrected chi connectivity index (χ0v) is 8.32. The summed E-state index contributed by atoms with van der Waals surface area (Å²) in [5.74, 6) is 1.71. The van der Waals surface area contributed by atoms with Crippen LogP contribution in [0, 0.1) is 0 Å². The van der Waals surface area contributed by atoms with Gasteiger partial charge in [-0.1, -0.05) is 12.1 Å². The van der Waals surface area contributed by atoms with E-state index in [4.69, 9.17) is 15.2 Å². The molecule has 0 radical (unpaired) electrons. The fourth-order valence-corrected chi connectivity index (χ4v) is 1.71. The van der Waals surface area contributed by atoms with Crippen LogP contribution >= 0.6 is 0 Å². The number of rotatable bonds is 3. The highest BCUT2D eigenvalue weighted by Crippen LogP contribution is 2.37. The number of hydrogen-bond donors (Lipinski definition) is 1. The van der Waals surface area contributed by atoms with Crippen molar-refractivity contribution in [1.82, 2.24) is 0 Å². The van der Waals surface area contributed by atoms with Crippen LogP contribution in [0.3, 0.4) is 0 Å². The first-order valence-electron chi connectivity index (χ1n) is 4.96. The fraction of sp³-hybridized carbons (Fsp3) is 0.455. The van der Waals surface area contributed by atoms with Crippen LogP contribution in [0.2, 0.25) is 0 Å². The van der Waals surface area contributed by atoms with E-state index < -0.39 is 0 Å². The van der Waals surface area contributed by atoms with Crippen LogP contribution in [-0.2, 0) is 6.42 Å². The summed E-state index contributed by atoms with van der Waals surface area (Å²) in [5, 5.41) is 0. The molecule has 0 amide bonds. The van der Waals surface area contributed by atoms with Crippen LogP contribution in [0.15, 0.2) is 18.2 Å². The van der Waals surface area contributed by atoms with Gasteiger partial charge in [-0.15, -0.1) is 0 Å². The molecule has 1 aromatic carbocycles. The third kappa shape index (κ3) is 1.55. The van der Waals surface area contributed by atoms with Crippen molar-refractivity contribution in [3.8, 4) is 11.5 Å². The molecule has 0 bridgehead atoms. The van der Waals surface area contributed by atoms with Crippen molar-refractivity contribution < 1.29 is 9.47 Å². The quantitative estimate of drug-likeness (QED) is 0.788. The zero-order chi connectivity index (χ0) is 9.97. The lowest BCUT2D eigenvalue weighted by molar-refractivity contribution is 0.226. The van der Waals surface area contributed by atoms with Crippen molar-refractivity contribution >= 4 is 0 Å². The van der Waals surface area contributed by atoms with E-state index >= 15 is 0 Å². The Morgan fingerprint density at radius 2 is 2.43 bits per heavy atom. The molecule has 1 atom stereocenters. The van der Waals surface area contributed by atoms with Crippen molar-refractivity contribution in [2.24, 2.45) is 5.73 Å². The van der Waals surface area contributed by atoms with Crippen molar-refractivity contribution in [1.29, 1.82) is 0 Å². The summed E-state index contributed by atoms with van der Waals surface area (Å²) in [6, 6.07) is 5.99. The Bertz CT molecular complexity index is 325. The molecule has 1 aromatic rings. The SMILES string of the molecule is CCOc1cccc2c1OC(CN)C2. The molecule has 1 aliphatic rings. The summed E-state index contributed by atoms with van der Waals surface area (Å²) in [7, 11) is 0. The van der Waals surface area contributed by atoms with Crippen LogP contribution in [0.4, 0.5) is 0 Å². The monoisotopic (exact) mass is 193 g/mol. The number of fused-ring (bicyclic) bond motifs is 1. The largest absolute Gasteiger partial charge is 0.490 e. The van der Waals surface area contributed by atoms with Gasteiger partial charge < -0.3 is 15.2 Å². The second-order valence-electron chi connectivity index (χ2n) is 3.36. The van der Waals surface area contributed by atoms with Gasteiger partial charge in [-0.25, -0.2) is 0 Å². The summed E-state index contributed by atoms with van der Waals surface area (Å²) in [6.07, 6.45) is 1.01. The first-order valence-corrected chi connectivity index (χ1v) is 4.96. The molecule has 1 aliphatic heterocycles. The Morgan fingerprint density at radius 3 is 3.14 bits per heavy atom. The van der Waals surface area contributed by atoms with E-state index in [1.54, 1.807) is 0 Å². The Morgan fingerprint density at radius 1 is 1.57 bits per heavy atom. The molecule has 0 saturated heterocycles. The summed E-state index contributed by atoms with van der Waals surface area (Å²) in [6.45, 7) is 3.18. The Kier molecular flexibility index (Phi) is 2.59. The molecule has 1 unspecified atom stereocenters. The minimum Gasteiger partial charge on any atom is -0.490 e. The average Bonchev–Trinajstić information content (AvgIpc) is 2.62. The molecular weight excluding hydrogens is 178 g/mol. The minimum absolute atomic E-state index is 0.117. The molecule has 0 spiro atoms. The molecule has 2 N–H and O–H groups in total. The lowest BCUT2D eigenvalue weighted by atomic mass is 10.1. The van der Waals surface area contributed by atoms with Gasteiger partial charge in [0.1, 0.15) is 6.10 Å². The van der Waals surface area contributed by atoms with Crippen LogP contribution in [0.5, 0.6) is 11.5 Å². The van der Waals surface area contributed by atoms with Gasteiger partial charge in [0.25, 0.3) is 0 Å². The number of ether oxygens (including phenoxy) is 2. The van der Waals surface area contributed by atoms with Crippen LogP contribution in [-0.4, -0.2) is 19.3 Å². The van der Waals surface area contributed by atoms with Crippen LogP contribution in [0.1, 0.15) is 12.5 Å². The summed E-state index contributed by atoms with van der Waals surface area (Å²) in [5.41, 5.74) is 6.77. The maximum absolute atomic E-state index is 5.69. The lowest BCUT2D eigenvalue weighted by Gasteiger charge is -2.10. The smallest absolute Gasteiger partial charge is 0.164 e. The van der Waals surface area contributed by atoms with Gasteiger partial charge in [0.15, 0.2) is 11.5 Å². The summed E-state index contributed by atoms with van der Waals surface area (Å²) in [4.78, 5) is 0. The van der Waals surface area contributed by atoms with E-state index in [0.717, 1.165) is 17.9 Å². The van der Waals surface area contributed by atoms with E-state index in [-0.39, 0.29) is 6.10 Å². The molecule has 1 heterocycles. The van der Waals surface area contributed by atoms with Crippen LogP contribution < -0.4 is 15.2 Å². The molecule has 0 fully saturated rings. The van der Waals surface area contributed by atoms with E-state index in [2.05, 4.69) is 6.07 Å². The van der Waals surface area contributed by atoms with Crippen molar-refractivity contribution in [2.75, 3.05) is 13.2 Å². The van der Waals surface area contributed by atoms with E-state index in [1.807, 2.05) is 19.1 Å². The molecule has 3 heteroatoms. The molecule has 3 nitrogen and oxygen atoms in total. The molecule has 76 valence electrons. The average molecular weight is 193 g/mol. The highest BCUT2D eigenvalue weighted by Gasteiger charge is 2.24. The first-order chi connectivity index (χ1) is 6.85. The molecule has 0 saturated carbocycles. The van der Waals surface area contributed by atoms with Crippen molar-refractivity contribution in [2.45, 2.75) is 19.4 Å². The topological polar surface area (TPSA) is 44.5 Å². The molecular formula is C11H15NO2. The van der Waals surface area contributed by atoms with Gasteiger partial charge >= 0.3 is 0 Å². The number of hydrogen-bond acceptors (Lipinski definition) is 3. The predicted octanol–water partition coefficient (Wildman–Crippen LogP) is 1.35. The van der Waals surface area contributed by atoms with E-state index in [1.165, 1.54) is 5.56 Å². The Labute approximate surface area is 83.8 Å². The van der Waals surface area contributed by atoms with Gasteiger partial charge in [0.2, 0.25) is 0 Å². The summed E-state index contributed by atoms with van der Waals surface area (Å²) >= 11 is 0. The molecule has 0 aliphatic carbocycles. The first kappa shape index (κ1) is 9.34. The standard InChI is InChI=1S/C11H15NO2/c1-2-13-10-5-3-4-8-6-9(7-12)14-11(8)10/h3-5,9H,2,6-7,12H2,1H3. The molecule has 14 heavy (non-hydrogen) atoms. The predicted molar refractivity (Wildman–Crippen MR) is 54.8 cm³/mol. The normalized spacial score (nSPS) is 18.9. The number of benzene rings is 1. The maximum atomic E-state index is 5.69. The third-order valence-electron chi connectivity index (χ3n) is 2.36. The maximum Gasteiger partial charge on any atom is 0.164 e. The van der Waals surface area contributed by atoms with E-state index in [0.29, 0.717) is 13.2 Å². The lowest BCUT2D eigenvalue weighted by Crippen LogP contribution is -2.24. The summed E-state index contributed by atoms with van der Waals surface area (Å²) < 4.78 is 11.2. The number of para-hydroxylation sites is 1. The van der Waals surface area contributed by atoms with Gasteiger partial charge in [-0.05, 0) is 13.0 Å². The van der Waals surface area contributed by atoms with Gasteiger partial charge in [0, 0.05) is 18.5 Å². The van der Waals surface area contributed by atoms with Crippen LogP contribution in [0.25, 0.3) is 0 Å². The zero-order valence-electron chi connectivity index (χ0n) is 8.32. The van der Waals surface area contributed by atoms with Crippen molar-refractivity contribution in [3.05, 3.63) is 23.8 Å². The third-order valence-corrected chi connectivity index (χ3v) is 2.36. The highest BCUT2D eigenvalue weighted by molar-refractivity contribution is 5.49.